The van der Waals surface area contributed by atoms with Gasteiger partial charge in [0, 0.05) is 31.6 Å². The lowest BCUT2D eigenvalue weighted by atomic mass is 9.91. The number of hydrogen-bond donors (Lipinski definition) is 1. The summed E-state index contributed by atoms with van der Waals surface area (Å²) in [6.07, 6.45) is 4.80. The summed E-state index contributed by atoms with van der Waals surface area (Å²) >= 11 is 1.63. The topological polar surface area (TPSA) is 68.1 Å². The number of fused-ring (bicyclic) bond motifs is 3. The minimum absolute atomic E-state index is 0.297. The molecule has 1 N–H and O–H groups in total. The van der Waals surface area contributed by atoms with Crippen molar-refractivity contribution in [2.24, 2.45) is 11.8 Å². The third-order valence-electron chi connectivity index (χ3n) is 7.45. The van der Waals surface area contributed by atoms with E-state index in [9.17, 15) is 0 Å². The summed E-state index contributed by atoms with van der Waals surface area (Å²) in [6, 6.07) is 11.1. The first-order valence-electron chi connectivity index (χ1n) is 11.7. The highest BCUT2D eigenvalue weighted by Gasteiger charge is 2.43. The van der Waals surface area contributed by atoms with Crippen LogP contribution in [0.5, 0.6) is 5.75 Å². The zero-order valence-electron chi connectivity index (χ0n) is 18.7. The van der Waals surface area contributed by atoms with Gasteiger partial charge < -0.3 is 15.0 Å². The number of benzene rings is 1. The molecule has 0 amide bonds. The number of ether oxygens (including phenoxy) is 1. The Balaban J connectivity index is 1.19. The van der Waals surface area contributed by atoms with E-state index < -0.39 is 0 Å². The molecule has 2 bridgehead atoms. The maximum absolute atomic E-state index is 5.33. The van der Waals surface area contributed by atoms with E-state index in [1.54, 1.807) is 18.6 Å². The van der Waals surface area contributed by atoms with Crippen LogP contribution < -0.4 is 15.0 Å². The first-order chi connectivity index (χ1) is 15.7. The lowest BCUT2D eigenvalue weighted by molar-refractivity contribution is 0.377. The molecule has 1 aromatic carbocycles. The van der Waals surface area contributed by atoms with E-state index in [4.69, 9.17) is 14.8 Å². The molecule has 0 spiro atoms. The molecular weight excluding hydrogens is 420 g/mol. The van der Waals surface area contributed by atoms with Crippen LogP contribution in [-0.2, 0) is 6.54 Å². The van der Waals surface area contributed by atoms with Crippen molar-refractivity contribution in [1.29, 1.82) is 0 Å². The molecule has 1 saturated heterocycles. The van der Waals surface area contributed by atoms with Crippen LogP contribution in [0, 0.1) is 18.8 Å². The standard InChI is InChI=1S/C24H30N6OS/c1-15-12-21(32-28-15)29-13-17-5-6-18(14-29)22(17)25-24-26-23-20(4-3-11-30(23)27-24)16-7-9-19(31-2)10-8-16/h7-10,12,17-18,20,22H,3-6,11,13-14H2,1-2H3,(H,25,27)/t17-,18+,20?,22-. The van der Waals surface area contributed by atoms with Gasteiger partial charge in [-0.25, -0.2) is 4.68 Å². The minimum Gasteiger partial charge on any atom is -0.497 e. The summed E-state index contributed by atoms with van der Waals surface area (Å²) in [5, 5.41) is 9.96. The van der Waals surface area contributed by atoms with Crippen LogP contribution in [-0.4, -0.2) is 45.4 Å². The Morgan fingerprint density at radius 2 is 1.88 bits per heavy atom. The fourth-order valence-electron chi connectivity index (χ4n) is 5.85. The Morgan fingerprint density at radius 1 is 1.09 bits per heavy atom. The van der Waals surface area contributed by atoms with Crippen LogP contribution in [0.1, 0.15) is 48.7 Å². The van der Waals surface area contributed by atoms with E-state index in [1.807, 2.05) is 12.1 Å². The van der Waals surface area contributed by atoms with Gasteiger partial charge in [0.15, 0.2) is 0 Å². The first-order valence-corrected chi connectivity index (χ1v) is 12.5. The summed E-state index contributed by atoms with van der Waals surface area (Å²) in [5.74, 6) is 4.36. The van der Waals surface area contributed by atoms with Gasteiger partial charge in [0.05, 0.1) is 12.8 Å². The van der Waals surface area contributed by atoms with Crippen LogP contribution in [0.3, 0.4) is 0 Å². The monoisotopic (exact) mass is 450 g/mol. The molecule has 3 aliphatic rings. The van der Waals surface area contributed by atoms with Gasteiger partial charge in [0.1, 0.15) is 16.6 Å². The van der Waals surface area contributed by atoms with Gasteiger partial charge in [-0.15, -0.1) is 5.10 Å². The SMILES string of the molecule is COc1ccc(C2CCCn3nc(N[C@@H]4[C@@H]5CC[C@H]4CN(c4cc(C)ns4)C5)nc32)cc1. The van der Waals surface area contributed by atoms with Gasteiger partial charge in [0.25, 0.3) is 0 Å². The summed E-state index contributed by atoms with van der Waals surface area (Å²) < 4.78 is 11.9. The van der Waals surface area contributed by atoms with Gasteiger partial charge in [-0.1, -0.05) is 12.1 Å². The average molecular weight is 451 g/mol. The fourth-order valence-corrected chi connectivity index (χ4v) is 6.63. The third kappa shape index (κ3) is 3.54. The van der Waals surface area contributed by atoms with Crippen LogP contribution in [0.4, 0.5) is 10.9 Å². The van der Waals surface area contributed by atoms with Gasteiger partial charge >= 0.3 is 0 Å². The van der Waals surface area contributed by atoms with Crippen molar-refractivity contribution in [3.63, 3.8) is 0 Å². The van der Waals surface area contributed by atoms with Crippen molar-refractivity contribution >= 4 is 22.5 Å². The largest absolute Gasteiger partial charge is 0.497 e. The van der Waals surface area contributed by atoms with Crippen LogP contribution in [0.25, 0.3) is 0 Å². The summed E-state index contributed by atoms with van der Waals surface area (Å²) in [5.41, 5.74) is 2.41. The zero-order chi connectivity index (χ0) is 21.7. The molecule has 32 heavy (non-hydrogen) atoms. The molecule has 1 unspecified atom stereocenters. The number of aromatic nitrogens is 4. The van der Waals surface area contributed by atoms with Gasteiger partial charge in [-0.2, -0.15) is 9.36 Å². The number of piperidine rings is 1. The molecule has 2 aromatic heterocycles. The number of rotatable bonds is 5. The summed E-state index contributed by atoms with van der Waals surface area (Å²) in [7, 11) is 1.71. The van der Waals surface area contributed by atoms with Crippen molar-refractivity contribution in [2.75, 3.05) is 30.4 Å². The molecule has 2 fully saturated rings. The highest BCUT2D eigenvalue weighted by atomic mass is 32.1. The number of nitrogens with zero attached hydrogens (tertiary/aromatic N) is 5. The van der Waals surface area contributed by atoms with Crippen molar-refractivity contribution in [3.05, 3.63) is 47.4 Å². The van der Waals surface area contributed by atoms with Crippen LogP contribution in [0.2, 0.25) is 0 Å². The lowest BCUT2D eigenvalue weighted by Gasteiger charge is -2.38. The molecule has 6 rings (SSSR count). The van der Waals surface area contributed by atoms with Crippen molar-refractivity contribution in [1.82, 2.24) is 19.1 Å². The molecular formula is C24H30N6OS. The summed E-state index contributed by atoms with van der Waals surface area (Å²) in [4.78, 5) is 7.55. The van der Waals surface area contributed by atoms with E-state index in [2.05, 4.69) is 44.4 Å². The maximum Gasteiger partial charge on any atom is 0.242 e. The maximum atomic E-state index is 5.33. The van der Waals surface area contributed by atoms with E-state index >= 15 is 0 Å². The van der Waals surface area contributed by atoms with Crippen LogP contribution >= 0.6 is 11.5 Å². The molecule has 7 nitrogen and oxygen atoms in total. The van der Waals surface area contributed by atoms with E-state index in [0.717, 1.165) is 55.7 Å². The summed E-state index contributed by atoms with van der Waals surface area (Å²) in [6.45, 7) is 5.22. The first kappa shape index (κ1) is 20.0. The molecule has 168 valence electrons. The Bertz CT molecular complexity index is 1080. The number of aryl methyl sites for hydroxylation is 2. The second-order valence-corrected chi connectivity index (χ2v) is 10.2. The van der Waals surface area contributed by atoms with Gasteiger partial charge in [-0.05, 0) is 79.7 Å². The number of nitrogens with one attached hydrogen (secondary N) is 1. The number of methoxy groups -OCH3 is 1. The van der Waals surface area contributed by atoms with Gasteiger partial charge in [0.2, 0.25) is 5.95 Å². The highest BCUT2D eigenvalue weighted by molar-refractivity contribution is 7.10. The fraction of sp³-hybridized carbons (Fsp3) is 0.542. The molecule has 4 heterocycles. The Morgan fingerprint density at radius 3 is 2.56 bits per heavy atom. The number of hydrogen-bond acceptors (Lipinski definition) is 7. The highest BCUT2D eigenvalue weighted by Crippen LogP contribution is 2.41. The molecule has 0 radical (unpaired) electrons. The molecule has 1 aliphatic carbocycles. The third-order valence-corrected chi connectivity index (χ3v) is 8.39. The molecule has 8 heteroatoms. The minimum atomic E-state index is 0.297. The predicted octanol–water partition coefficient (Wildman–Crippen LogP) is 4.30. The van der Waals surface area contributed by atoms with E-state index in [1.165, 1.54) is 23.4 Å². The van der Waals surface area contributed by atoms with Crippen molar-refractivity contribution < 1.29 is 4.74 Å². The second-order valence-electron chi connectivity index (χ2n) is 9.46. The zero-order valence-corrected chi connectivity index (χ0v) is 19.5. The van der Waals surface area contributed by atoms with E-state index in [-0.39, 0.29) is 0 Å². The molecule has 1 saturated carbocycles. The second kappa shape index (κ2) is 8.06. The Kier molecular flexibility index (Phi) is 5.05. The quantitative estimate of drug-likeness (QED) is 0.625. The van der Waals surface area contributed by atoms with Gasteiger partial charge in [-0.3, -0.25) is 0 Å². The number of anilines is 2. The average Bonchev–Trinajstić information content (AvgIpc) is 3.49. The normalized spacial score (nSPS) is 26.8. The van der Waals surface area contributed by atoms with Crippen molar-refractivity contribution in [3.8, 4) is 5.75 Å². The van der Waals surface area contributed by atoms with Crippen LogP contribution in [0.15, 0.2) is 30.3 Å². The Hall–Kier alpha value is -2.61. The molecule has 3 aromatic rings. The smallest absolute Gasteiger partial charge is 0.242 e. The Labute approximate surface area is 193 Å². The predicted molar refractivity (Wildman–Crippen MR) is 127 cm³/mol. The van der Waals surface area contributed by atoms with E-state index in [0.29, 0.717) is 23.8 Å². The lowest BCUT2D eigenvalue weighted by Crippen LogP contribution is -2.48. The molecule has 2 aliphatic heterocycles. The molecule has 4 atom stereocenters. The van der Waals surface area contributed by atoms with Crippen molar-refractivity contribution in [2.45, 2.75) is 51.1 Å².